The van der Waals surface area contributed by atoms with Crippen LogP contribution in [0.25, 0.3) is 33.6 Å². The third-order valence-corrected chi connectivity index (χ3v) is 3.84. The molecule has 0 N–H and O–H groups in total. The Bertz CT molecular complexity index is 1030. The minimum absolute atomic E-state index is 0.150. The molecular weight excluding hydrogens is 290 g/mol. The van der Waals surface area contributed by atoms with Crippen molar-refractivity contribution < 1.29 is 4.52 Å². The molecule has 0 aliphatic rings. The minimum Gasteiger partial charge on any atom is -0.355 e. The maximum Gasteiger partial charge on any atom is 0.264 e. The molecule has 5 heteroatoms. The highest BCUT2D eigenvalue weighted by molar-refractivity contribution is 5.92. The van der Waals surface area contributed by atoms with Crippen LogP contribution in [0.1, 0.15) is 0 Å². The first-order valence-electron chi connectivity index (χ1n) is 7.22. The molecule has 0 aliphatic carbocycles. The van der Waals surface area contributed by atoms with Crippen LogP contribution in [0.15, 0.2) is 70.1 Å². The van der Waals surface area contributed by atoms with Crippen molar-refractivity contribution in [2.75, 3.05) is 0 Å². The smallest absolute Gasteiger partial charge is 0.264 e. The van der Waals surface area contributed by atoms with E-state index in [1.54, 1.807) is 23.9 Å². The normalized spacial score (nSPS) is 11.0. The SMILES string of the molecule is Cn1c(-c2ccccn2)cc2onc(-c3ccccc3)c2c1=O. The first kappa shape index (κ1) is 13.5. The van der Waals surface area contributed by atoms with E-state index in [4.69, 9.17) is 4.52 Å². The molecule has 0 bridgehead atoms. The average molecular weight is 303 g/mol. The van der Waals surface area contributed by atoms with Crippen molar-refractivity contribution >= 4 is 11.0 Å². The predicted molar refractivity (Wildman–Crippen MR) is 87.9 cm³/mol. The molecular formula is C18H13N3O2. The lowest BCUT2D eigenvalue weighted by Crippen LogP contribution is -2.18. The molecule has 0 unspecified atom stereocenters. The summed E-state index contributed by atoms with van der Waals surface area (Å²) < 4.78 is 6.99. The molecule has 0 saturated carbocycles. The molecule has 0 fully saturated rings. The van der Waals surface area contributed by atoms with Gasteiger partial charge >= 0.3 is 0 Å². The van der Waals surface area contributed by atoms with Crippen molar-refractivity contribution in [2.45, 2.75) is 0 Å². The second kappa shape index (κ2) is 5.21. The summed E-state index contributed by atoms with van der Waals surface area (Å²) in [4.78, 5) is 17.1. The first-order valence-corrected chi connectivity index (χ1v) is 7.22. The van der Waals surface area contributed by atoms with Crippen LogP contribution in [0.4, 0.5) is 0 Å². The first-order chi connectivity index (χ1) is 11.3. The number of hydrogen-bond donors (Lipinski definition) is 0. The summed E-state index contributed by atoms with van der Waals surface area (Å²) in [6.45, 7) is 0. The highest BCUT2D eigenvalue weighted by atomic mass is 16.5. The van der Waals surface area contributed by atoms with Crippen molar-refractivity contribution in [3.05, 3.63) is 71.1 Å². The number of aromatic nitrogens is 3. The van der Waals surface area contributed by atoms with Crippen molar-refractivity contribution in [3.63, 3.8) is 0 Å². The molecule has 0 amide bonds. The molecule has 3 heterocycles. The van der Waals surface area contributed by atoms with E-state index >= 15 is 0 Å². The molecule has 23 heavy (non-hydrogen) atoms. The van der Waals surface area contributed by atoms with Gasteiger partial charge in [0.05, 0.1) is 11.4 Å². The number of fused-ring (bicyclic) bond motifs is 1. The number of rotatable bonds is 2. The second-order valence-corrected chi connectivity index (χ2v) is 5.25. The zero-order chi connectivity index (χ0) is 15.8. The second-order valence-electron chi connectivity index (χ2n) is 5.25. The maximum atomic E-state index is 12.8. The van der Waals surface area contributed by atoms with Crippen molar-refractivity contribution in [1.82, 2.24) is 14.7 Å². The van der Waals surface area contributed by atoms with Crippen molar-refractivity contribution in [3.8, 4) is 22.6 Å². The largest absolute Gasteiger partial charge is 0.355 e. The van der Waals surface area contributed by atoms with E-state index in [0.29, 0.717) is 28.1 Å². The molecule has 0 spiro atoms. The van der Waals surface area contributed by atoms with Crippen LogP contribution in [-0.2, 0) is 7.05 Å². The van der Waals surface area contributed by atoms with Crippen LogP contribution in [0.2, 0.25) is 0 Å². The quantitative estimate of drug-likeness (QED) is 0.570. The summed E-state index contributed by atoms with van der Waals surface area (Å²) in [6, 6.07) is 16.9. The molecule has 5 nitrogen and oxygen atoms in total. The molecule has 0 radical (unpaired) electrons. The molecule has 0 aliphatic heterocycles. The van der Waals surface area contributed by atoms with Crippen molar-refractivity contribution in [2.24, 2.45) is 7.05 Å². The summed E-state index contributed by atoms with van der Waals surface area (Å²) in [7, 11) is 1.73. The highest BCUT2D eigenvalue weighted by Crippen LogP contribution is 2.27. The van der Waals surface area contributed by atoms with Gasteiger partial charge in [-0.1, -0.05) is 41.6 Å². The van der Waals surface area contributed by atoms with E-state index in [9.17, 15) is 4.79 Å². The van der Waals surface area contributed by atoms with Gasteiger partial charge in [0, 0.05) is 24.9 Å². The standard InChI is InChI=1S/C18H13N3O2/c1-21-14(13-9-5-6-10-19-13)11-15-16(18(21)22)17(20-23-15)12-7-3-2-4-8-12/h2-11H,1H3. The summed E-state index contributed by atoms with van der Waals surface area (Å²) in [5.41, 5.74) is 3.14. The lowest BCUT2D eigenvalue weighted by atomic mass is 10.1. The van der Waals surface area contributed by atoms with Gasteiger partial charge in [-0.2, -0.15) is 0 Å². The van der Waals surface area contributed by atoms with Gasteiger partial charge < -0.3 is 9.09 Å². The van der Waals surface area contributed by atoms with E-state index < -0.39 is 0 Å². The van der Waals surface area contributed by atoms with Crippen LogP contribution in [-0.4, -0.2) is 14.7 Å². The molecule has 1 aromatic carbocycles. The molecule has 4 rings (SSSR count). The van der Waals surface area contributed by atoms with Crippen LogP contribution in [0.5, 0.6) is 0 Å². The van der Waals surface area contributed by atoms with Gasteiger partial charge in [-0.25, -0.2) is 0 Å². The van der Waals surface area contributed by atoms with Crippen LogP contribution in [0.3, 0.4) is 0 Å². The fraction of sp³-hybridized carbons (Fsp3) is 0.0556. The Morgan fingerprint density at radius 2 is 1.83 bits per heavy atom. The number of hydrogen-bond acceptors (Lipinski definition) is 4. The Hall–Kier alpha value is -3.21. The van der Waals surface area contributed by atoms with Gasteiger partial charge in [0.1, 0.15) is 11.1 Å². The lowest BCUT2D eigenvalue weighted by Gasteiger charge is -2.07. The van der Waals surface area contributed by atoms with E-state index in [0.717, 1.165) is 5.56 Å². The number of nitrogens with zero attached hydrogens (tertiary/aromatic N) is 3. The maximum absolute atomic E-state index is 12.8. The fourth-order valence-corrected chi connectivity index (χ4v) is 2.66. The summed E-state index contributed by atoms with van der Waals surface area (Å²) >= 11 is 0. The number of pyridine rings is 2. The van der Waals surface area contributed by atoms with Gasteiger partial charge in [0.2, 0.25) is 0 Å². The third-order valence-electron chi connectivity index (χ3n) is 3.84. The van der Waals surface area contributed by atoms with Gasteiger partial charge in [-0.15, -0.1) is 0 Å². The fourth-order valence-electron chi connectivity index (χ4n) is 2.66. The highest BCUT2D eigenvalue weighted by Gasteiger charge is 2.18. The van der Waals surface area contributed by atoms with Crippen LogP contribution < -0.4 is 5.56 Å². The van der Waals surface area contributed by atoms with Crippen molar-refractivity contribution in [1.29, 1.82) is 0 Å². The van der Waals surface area contributed by atoms with Gasteiger partial charge in [0.15, 0.2) is 5.58 Å². The molecule has 112 valence electrons. The summed E-state index contributed by atoms with van der Waals surface area (Å²) in [5.74, 6) is 0. The summed E-state index contributed by atoms with van der Waals surface area (Å²) in [6.07, 6.45) is 1.69. The molecule has 0 saturated heterocycles. The summed E-state index contributed by atoms with van der Waals surface area (Å²) in [5, 5.41) is 4.58. The van der Waals surface area contributed by atoms with E-state index in [1.807, 2.05) is 48.5 Å². The lowest BCUT2D eigenvalue weighted by molar-refractivity contribution is 0.459. The number of benzene rings is 1. The predicted octanol–water partition coefficient (Wildman–Crippen LogP) is 3.26. The zero-order valence-corrected chi connectivity index (χ0v) is 12.4. The Labute approximate surface area is 131 Å². The Balaban J connectivity index is 2.01. The van der Waals surface area contributed by atoms with Crippen LogP contribution >= 0.6 is 0 Å². The topological polar surface area (TPSA) is 60.9 Å². The third kappa shape index (κ3) is 2.14. The van der Waals surface area contributed by atoms with Gasteiger partial charge in [0.25, 0.3) is 5.56 Å². The molecule has 0 atom stereocenters. The van der Waals surface area contributed by atoms with E-state index in [-0.39, 0.29) is 5.56 Å². The molecule has 4 aromatic rings. The Morgan fingerprint density at radius 3 is 2.57 bits per heavy atom. The zero-order valence-electron chi connectivity index (χ0n) is 12.4. The van der Waals surface area contributed by atoms with Gasteiger partial charge in [-0.3, -0.25) is 9.78 Å². The monoisotopic (exact) mass is 303 g/mol. The van der Waals surface area contributed by atoms with E-state index in [2.05, 4.69) is 10.1 Å². The Kier molecular flexibility index (Phi) is 3.05. The van der Waals surface area contributed by atoms with Crippen LogP contribution in [0, 0.1) is 0 Å². The Morgan fingerprint density at radius 1 is 1.04 bits per heavy atom. The molecule has 3 aromatic heterocycles. The minimum atomic E-state index is -0.150. The van der Waals surface area contributed by atoms with Gasteiger partial charge in [-0.05, 0) is 12.1 Å². The van der Waals surface area contributed by atoms with E-state index in [1.165, 1.54) is 0 Å². The average Bonchev–Trinajstić information content (AvgIpc) is 3.04.